The third kappa shape index (κ3) is 4.86. The normalized spacial score (nSPS) is 17.5. The molecule has 0 bridgehead atoms. The first-order valence-corrected chi connectivity index (χ1v) is 9.02. The van der Waals surface area contributed by atoms with E-state index in [0.717, 1.165) is 31.5 Å². The van der Waals surface area contributed by atoms with Crippen LogP contribution in [0.2, 0.25) is 0 Å². The Bertz CT molecular complexity index is 673. The highest BCUT2D eigenvalue weighted by Crippen LogP contribution is 2.15. The maximum absolute atomic E-state index is 12.6. The zero-order valence-electron chi connectivity index (χ0n) is 14.7. The van der Waals surface area contributed by atoms with Gasteiger partial charge in [-0.2, -0.15) is 0 Å². The SMILES string of the molecule is CCc1ncc(C(=O)N2CCO[C@H](CCCc3ccccc3)C2)cn1. The molecule has 3 rings (SSSR count). The number of benzene rings is 1. The van der Waals surface area contributed by atoms with Crippen LogP contribution in [0.15, 0.2) is 42.7 Å². The third-order valence-corrected chi connectivity index (χ3v) is 4.53. The van der Waals surface area contributed by atoms with Gasteiger partial charge >= 0.3 is 0 Å². The minimum atomic E-state index is -0.000914. The van der Waals surface area contributed by atoms with Crippen LogP contribution < -0.4 is 0 Å². The zero-order chi connectivity index (χ0) is 17.5. The van der Waals surface area contributed by atoms with Gasteiger partial charge in [-0.25, -0.2) is 9.97 Å². The van der Waals surface area contributed by atoms with Gasteiger partial charge in [-0.1, -0.05) is 37.3 Å². The quantitative estimate of drug-likeness (QED) is 0.812. The monoisotopic (exact) mass is 339 g/mol. The van der Waals surface area contributed by atoms with E-state index in [1.807, 2.05) is 17.9 Å². The van der Waals surface area contributed by atoms with E-state index in [1.165, 1.54) is 5.56 Å². The summed E-state index contributed by atoms with van der Waals surface area (Å²) in [6.45, 7) is 3.86. The Morgan fingerprint density at radius 1 is 1.24 bits per heavy atom. The summed E-state index contributed by atoms with van der Waals surface area (Å²) < 4.78 is 5.84. The van der Waals surface area contributed by atoms with E-state index in [4.69, 9.17) is 4.74 Å². The van der Waals surface area contributed by atoms with Crippen molar-refractivity contribution in [1.82, 2.24) is 14.9 Å². The molecule has 5 heteroatoms. The van der Waals surface area contributed by atoms with Crippen LogP contribution in [0, 0.1) is 0 Å². The van der Waals surface area contributed by atoms with Crippen LogP contribution in [0.4, 0.5) is 0 Å². The fourth-order valence-electron chi connectivity index (χ4n) is 3.09. The molecule has 1 fully saturated rings. The molecule has 5 nitrogen and oxygen atoms in total. The molecule has 0 saturated carbocycles. The van der Waals surface area contributed by atoms with Crippen LogP contribution in [0.25, 0.3) is 0 Å². The number of rotatable bonds is 6. The van der Waals surface area contributed by atoms with Gasteiger partial charge in [0.05, 0.1) is 18.3 Å². The summed E-state index contributed by atoms with van der Waals surface area (Å²) in [7, 11) is 0. The first-order valence-electron chi connectivity index (χ1n) is 9.02. The molecule has 0 radical (unpaired) electrons. The van der Waals surface area contributed by atoms with Crippen LogP contribution in [-0.2, 0) is 17.6 Å². The van der Waals surface area contributed by atoms with Gasteiger partial charge in [-0.15, -0.1) is 0 Å². The van der Waals surface area contributed by atoms with Crippen LogP contribution in [0.1, 0.15) is 41.5 Å². The summed E-state index contributed by atoms with van der Waals surface area (Å²) in [5, 5.41) is 0. The molecule has 1 aliphatic rings. The minimum Gasteiger partial charge on any atom is -0.375 e. The van der Waals surface area contributed by atoms with E-state index in [-0.39, 0.29) is 12.0 Å². The average Bonchev–Trinajstić information content (AvgIpc) is 2.68. The first kappa shape index (κ1) is 17.5. The largest absolute Gasteiger partial charge is 0.375 e. The molecule has 0 unspecified atom stereocenters. The van der Waals surface area contributed by atoms with E-state index >= 15 is 0 Å². The van der Waals surface area contributed by atoms with Gasteiger partial charge in [-0.05, 0) is 24.8 Å². The number of carbonyl (C=O) groups is 1. The maximum atomic E-state index is 12.6. The highest BCUT2D eigenvalue weighted by Gasteiger charge is 2.25. The number of hydrogen-bond acceptors (Lipinski definition) is 4. The Hall–Kier alpha value is -2.27. The van der Waals surface area contributed by atoms with Crippen molar-refractivity contribution in [2.24, 2.45) is 0 Å². The highest BCUT2D eigenvalue weighted by atomic mass is 16.5. The first-order chi connectivity index (χ1) is 12.3. The maximum Gasteiger partial charge on any atom is 0.257 e. The van der Waals surface area contributed by atoms with Crippen molar-refractivity contribution in [3.05, 3.63) is 59.7 Å². The summed E-state index contributed by atoms with van der Waals surface area (Å²) in [6, 6.07) is 10.5. The van der Waals surface area contributed by atoms with Gasteiger partial charge in [-0.3, -0.25) is 4.79 Å². The van der Waals surface area contributed by atoms with Crippen molar-refractivity contribution in [1.29, 1.82) is 0 Å². The molecule has 0 N–H and O–H groups in total. The van der Waals surface area contributed by atoms with E-state index in [1.54, 1.807) is 12.4 Å². The van der Waals surface area contributed by atoms with E-state index in [2.05, 4.69) is 34.2 Å². The van der Waals surface area contributed by atoms with Crippen LogP contribution >= 0.6 is 0 Å². The average molecular weight is 339 g/mol. The standard InChI is InChI=1S/C20H25N3O2/c1-2-19-21-13-17(14-22-19)20(24)23-11-12-25-18(15-23)10-6-9-16-7-4-3-5-8-16/h3-5,7-8,13-14,18H,2,6,9-12,15H2,1H3/t18-/m1/s1. The van der Waals surface area contributed by atoms with E-state index in [9.17, 15) is 4.79 Å². The fourth-order valence-corrected chi connectivity index (χ4v) is 3.09. The second-order valence-corrected chi connectivity index (χ2v) is 6.36. The Balaban J connectivity index is 1.50. The third-order valence-electron chi connectivity index (χ3n) is 4.53. The number of ether oxygens (including phenoxy) is 1. The van der Waals surface area contributed by atoms with E-state index in [0.29, 0.717) is 25.3 Å². The second-order valence-electron chi connectivity index (χ2n) is 6.36. The van der Waals surface area contributed by atoms with Crippen molar-refractivity contribution < 1.29 is 9.53 Å². The van der Waals surface area contributed by atoms with Gasteiger partial charge in [0.2, 0.25) is 0 Å². The molecule has 1 aromatic carbocycles. The Labute approximate surface area is 149 Å². The zero-order valence-corrected chi connectivity index (χ0v) is 14.7. The fraction of sp³-hybridized carbons (Fsp3) is 0.450. The number of hydrogen-bond donors (Lipinski definition) is 0. The molecule has 132 valence electrons. The molecule has 0 spiro atoms. The number of amides is 1. The number of carbonyl (C=O) groups excluding carboxylic acids is 1. The van der Waals surface area contributed by atoms with Crippen LogP contribution in [0.3, 0.4) is 0 Å². The topological polar surface area (TPSA) is 55.3 Å². The predicted octanol–water partition coefficient (Wildman–Crippen LogP) is 2.90. The molecule has 1 saturated heterocycles. The minimum absolute atomic E-state index is 0.000914. The lowest BCUT2D eigenvalue weighted by molar-refractivity contribution is -0.0255. The van der Waals surface area contributed by atoms with Crippen molar-refractivity contribution in [3.63, 3.8) is 0 Å². The van der Waals surface area contributed by atoms with Crippen molar-refractivity contribution >= 4 is 5.91 Å². The lowest BCUT2D eigenvalue weighted by Gasteiger charge is -2.33. The van der Waals surface area contributed by atoms with Crippen molar-refractivity contribution in [2.75, 3.05) is 19.7 Å². The Morgan fingerprint density at radius 2 is 2.00 bits per heavy atom. The molecule has 2 heterocycles. The molecule has 1 aliphatic heterocycles. The number of morpholine rings is 1. The van der Waals surface area contributed by atoms with Crippen LogP contribution in [0.5, 0.6) is 0 Å². The van der Waals surface area contributed by atoms with Gasteiger partial charge in [0.1, 0.15) is 5.82 Å². The summed E-state index contributed by atoms with van der Waals surface area (Å²) in [5.74, 6) is 0.760. The lowest BCUT2D eigenvalue weighted by Crippen LogP contribution is -2.45. The molecule has 1 atom stereocenters. The number of aryl methyl sites for hydroxylation is 2. The summed E-state index contributed by atoms with van der Waals surface area (Å²) in [6.07, 6.45) is 7.21. The Morgan fingerprint density at radius 3 is 2.72 bits per heavy atom. The number of aromatic nitrogens is 2. The van der Waals surface area contributed by atoms with Gasteiger partial charge in [0.25, 0.3) is 5.91 Å². The highest BCUT2D eigenvalue weighted by molar-refractivity contribution is 5.93. The van der Waals surface area contributed by atoms with Gasteiger partial charge in [0, 0.05) is 31.9 Å². The summed E-state index contributed by atoms with van der Waals surface area (Å²) in [4.78, 5) is 22.9. The smallest absolute Gasteiger partial charge is 0.257 e. The van der Waals surface area contributed by atoms with Crippen molar-refractivity contribution in [2.45, 2.75) is 38.7 Å². The molecule has 1 aromatic heterocycles. The van der Waals surface area contributed by atoms with Crippen molar-refractivity contribution in [3.8, 4) is 0 Å². The van der Waals surface area contributed by atoms with E-state index < -0.39 is 0 Å². The summed E-state index contributed by atoms with van der Waals surface area (Å²) in [5.41, 5.74) is 1.90. The second kappa shape index (κ2) is 8.72. The van der Waals surface area contributed by atoms with Gasteiger partial charge < -0.3 is 9.64 Å². The molecular formula is C20H25N3O2. The number of nitrogens with zero attached hydrogens (tertiary/aromatic N) is 3. The predicted molar refractivity (Wildman–Crippen MR) is 96.4 cm³/mol. The summed E-state index contributed by atoms with van der Waals surface area (Å²) >= 11 is 0. The molecular weight excluding hydrogens is 314 g/mol. The molecule has 1 amide bonds. The molecule has 2 aromatic rings. The lowest BCUT2D eigenvalue weighted by atomic mass is 10.0. The molecule has 0 aliphatic carbocycles. The van der Waals surface area contributed by atoms with Gasteiger partial charge in [0.15, 0.2) is 0 Å². The van der Waals surface area contributed by atoms with Crippen LogP contribution in [-0.4, -0.2) is 46.6 Å². The Kier molecular flexibility index (Phi) is 6.12. The molecule has 25 heavy (non-hydrogen) atoms.